The Morgan fingerprint density at radius 1 is 1.47 bits per heavy atom. The predicted octanol–water partition coefficient (Wildman–Crippen LogP) is 2.05. The average Bonchev–Trinajstić information content (AvgIpc) is 3.13. The third kappa shape index (κ3) is 3.17. The van der Waals surface area contributed by atoms with E-state index in [9.17, 15) is 0 Å². The summed E-state index contributed by atoms with van der Waals surface area (Å²) in [5.41, 5.74) is 7.09. The average molecular weight is 284 g/mol. The first-order chi connectivity index (χ1) is 9.15. The van der Waals surface area contributed by atoms with Crippen molar-refractivity contribution in [2.75, 3.05) is 20.8 Å². The molecule has 1 fully saturated rings. The molecule has 0 aliphatic heterocycles. The molecule has 2 N–H and O–H groups in total. The first-order valence-electron chi connectivity index (χ1n) is 6.69. The molecule has 0 radical (unpaired) electrons. The van der Waals surface area contributed by atoms with Crippen LogP contribution in [0.1, 0.15) is 25.3 Å². The molecule has 1 unspecified atom stereocenters. The van der Waals surface area contributed by atoms with Gasteiger partial charge in [-0.15, -0.1) is 0 Å². The summed E-state index contributed by atoms with van der Waals surface area (Å²) in [5, 5.41) is 4.31. The molecule has 1 saturated carbocycles. The molecule has 19 heavy (non-hydrogen) atoms. The van der Waals surface area contributed by atoms with Crippen LogP contribution < -0.4 is 5.73 Å². The van der Waals surface area contributed by atoms with Gasteiger partial charge < -0.3 is 15.2 Å². The lowest BCUT2D eigenvalue weighted by atomic mass is 9.97. The summed E-state index contributed by atoms with van der Waals surface area (Å²) in [6.07, 6.45) is 2.16. The van der Waals surface area contributed by atoms with Crippen molar-refractivity contribution in [1.82, 2.24) is 4.90 Å². The van der Waals surface area contributed by atoms with Gasteiger partial charge in [0.05, 0.1) is 5.54 Å². The highest BCUT2D eigenvalue weighted by Gasteiger charge is 2.46. The van der Waals surface area contributed by atoms with Gasteiger partial charge in [0.15, 0.2) is 6.29 Å². The minimum Gasteiger partial charge on any atom is -0.354 e. The molecule has 2 rings (SSSR count). The van der Waals surface area contributed by atoms with Gasteiger partial charge in [-0.1, -0.05) is 0 Å². The zero-order valence-electron chi connectivity index (χ0n) is 12.0. The van der Waals surface area contributed by atoms with E-state index in [0.29, 0.717) is 12.6 Å². The summed E-state index contributed by atoms with van der Waals surface area (Å²) >= 11 is 1.73. The van der Waals surface area contributed by atoms with Gasteiger partial charge >= 0.3 is 0 Å². The first-order valence-corrected chi connectivity index (χ1v) is 7.63. The third-order valence-corrected chi connectivity index (χ3v) is 4.66. The quantitative estimate of drug-likeness (QED) is 0.742. The number of nitrogens with two attached hydrogens (primary N) is 1. The van der Waals surface area contributed by atoms with Crippen molar-refractivity contribution in [3.63, 3.8) is 0 Å². The van der Waals surface area contributed by atoms with Crippen LogP contribution in [0.3, 0.4) is 0 Å². The Morgan fingerprint density at radius 3 is 2.58 bits per heavy atom. The highest BCUT2D eigenvalue weighted by molar-refractivity contribution is 7.07. The summed E-state index contributed by atoms with van der Waals surface area (Å²) in [6, 6.07) is 2.77. The Labute approximate surface area is 119 Å². The maximum atomic E-state index is 6.06. The smallest absolute Gasteiger partial charge is 0.176 e. The molecule has 1 atom stereocenters. The largest absolute Gasteiger partial charge is 0.354 e. The van der Waals surface area contributed by atoms with E-state index in [1.807, 2.05) is 0 Å². The van der Waals surface area contributed by atoms with E-state index in [2.05, 4.69) is 28.7 Å². The van der Waals surface area contributed by atoms with Gasteiger partial charge in [0.1, 0.15) is 0 Å². The number of hydrogen-bond acceptors (Lipinski definition) is 5. The molecule has 0 saturated heterocycles. The number of rotatable bonds is 8. The standard InChI is InChI=1S/C14H24N2O2S/c1-14(10-15,13(17-2)18-3)16(12-4-5-12)8-11-6-7-19-9-11/h6-7,9,12-13H,4-5,8,10,15H2,1-3H3. The van der Waals surface area contributed by atoms with Gasteiger partial charge in [-0.2, -0.15) is 11.3 Å². The van der Waals surface area contributed by atoms with E-state index in [4.69, 9.17) is 15.2 Å². The van der Waals surface area contributed by atoms with Crippen molar-refractivity contribution >= 4 is 11.3 Å². The molecule has 5 heteroatoms. The van der Waals surface area contributed by atoms with Crippen molar-refractivity contribution in [1.29, 1.82) is 0 Å². The van der Waals surface area contributed by atoms with Crippen LogP contribution in [0.4, 0.5) is 0 Å². The second-order valence-corrected chi connectivity index (χ2v) is 6.14. The molecule has 4 nitrogen and oxygen atoms in total. The lowest BCUT2D eigenvalue weighted by molar-refractivity contribution is -0.185. The van der Waals surface area contributed by atoms with Gasteiger partial charge in [-0.3, -0.25) is 4.90 Å². The lowest BCUT2D eigenvalue weighted by Gasteiger charge is -2.44. The lowest BCUT2D eigenvalue weighted by Crippen LogP contribution is -2.60. The topological polar surface area (TPSA) is 47.7 Å². The normalized spacial score (nSPS) is 19.1. The molecular formula is C14H24N2O2S. The van der Waals surface area contributed by atoms with Crippen LogP contribution in [-0.2, 0) is 16.0 Å². The number of hydrogen-bond donors (Lipinski definition) is 1. The summed E-state index contributed by atoms with van der Waals surface area (Å²) in [7, 11) is 3.36. The monoisotopic (exact) mass is 284 g/mol. The maximum absolute atomic E-state index is 6.06. The highest BCUT2D eigenvalue weighted by atomic mass is 32.1. The maximum Gasteiger partial charge on any atom is 0.176 e. The van der Waals surface area contributed by atoms with E-state index in [0.717, 1.165) is 6.54 Å². The zero-order valence-corrected chi connectivity index (χ0v) is 12.8. The van der Waals surface area contributed by atoms with Crippen LogP contribution in [0.15, 0.2) is 16.8 Å². The molecule has 0 aromatic carbocycles. The van der Waals surface area contributed by atoms with Crippen LogP contribution in [0.5, 0.6) is 0 Å². The van der Waals surface area contributed by atoms with Crippen LogP contribution >= 0.6 is 11.3 Å². The number of ether oxygens (including phenoxy) is 2. The predicted molar refractivity (Wildman–Crippen MR) is 78.1 cm³/mol. The molecule has 1 aromatic heterocycles. The fraction of sp³-hybridized carbons (Fsp3) is 0.714. The summed E-state index contributed by atoms with van der Waals surface area (Å²) < 4.78 is 11.0. The Morgan fingerprint density at radius 2 is 2.16 bits per heavy atom. The van der Waals surface area contributed by atoms with Crippen molar-refractivity contribution < 1.29 is 9.47 Å². The van der Waals surface area contributed by atoms with Crippen molar-refractivity contribution in [3.8, 4) is 0 Å². The molecule has 0 spiro atoms. The van der Waals surface area contributed by atoms with Gasteiger partial charge in [-0.05, 0) is 42.2 Å². The molecular weight excluding hydrogens is 260 g/mol. The zero-order chi connectivity index (χ0) is 13.9. The van der Waals surface area contributed by atoms with Gasteiger partial charge in [0, 0.05) is 33.4 Å². The number of methoxy groups -OCH3 is 2. The Balaban J connectivity index is 2.19. The van der Waals surface area contributed by atoms with Crippen LogP contribution in [-0.4, -0.2) is 43.5 Å². The Kier molecular flexibility index (Phi) is 4.97. The Bertz CT molecular complexity index is 377. The summed E-state index contributed by atoms with van der Waals surface area (Å²) in [6.45, 7) is 3.56. The van der Waals surface area contributed by atoms with Gasteiger partial charge in [0.2, 0.25) is 0 Å². The molecule has 1 aromatic rings. The second-order valence-electron chi connectivity index (χ2n) is 5.36. The van der Waals surface area contributed by atoms with Gasteiger partial charge in [-0.25, -0.2) is 0 Å². The third-order valence-electron chi connectivity index (χ3n) is 3.93. The van der Waals surface area contributed by atoms with Crippen LogP contribution in [0, 0.1) is 0 Å². The van der Waals surface area contributed by atoms with E-state index in [1.54, 1.807) is 25.6 Å². The molecule has 1 heterocycles. The first kappa shape index (κ1) is 14.9. The van der Waals surface area contributed by atoms with E-state index in [1.165, 1.54) is 18.4 Å². The molecule has 108 valence electrons. The van der Waals surface area contributed by atoms with Crippen molar-refractivity contribution in [3.05, 3.63) is 22.4 Å². The minimum atomic E-state index is -0.309. The summed E-state index contributed by atoms with van der Waals surface area (Å²) in [5.74, 6) is 0. The van der Waals surface area contributed by atoms with Crippen LogP contribution in [0.2, 0.25) is 0 Å². The second kappa shape index (κ2) is 6.33. The SMILES string of the molecule is COC(OC)C(C)(CN)N(Cc1ccsc1)C1CC1. The van der Waals surface area contributed by atoms with Crippen LogP contribution in [0.25, 0.3) is 0 Å². The fourth-order valence-electron chi connectivity index (χ4n) is 2.65. The van der Waals surface area contributed by atoms with E-state index < -0.39 is 0 Å². The van der Waals surface area contributed by atoms with Crippen molar-refractivity contribution in [2.24, 2.45) is 5.73 Å². The molecule has 0 bridgehead atoms. The summed E-state index contributed by atoms with van der Waals surface area (Å²) in [4.78, 5) is 2.45. The number of nitrogens with zero attached hydrogens (tertiary/aromatic N) is 1. The van der Waals surface area contributed by atoms with Crippen molar-refractivity contribution in [2.45, 2.75) is 44.2 Å². The molecule has 0 amide bonds. The molecule has 1 aliphatic carbocycles. The van der Waals surface area contributed by atoms with E-state index >= 15 is 0 Å². The van der Waals surface area contributed by atoms with Gasteiger partial charge in [0.25, 0.3) is 0 Å². The fourth-order valence-corrected chi connectivity index (χ4v) is 3.31. The number of thiophene rings is 1. The van der Waals surface area contributed by atoms with E-state index in [-0.39, 0.29) is 11.8 Å². The molecule has 1 aliphatic rings. The highest BCUT2D eigenvalue weighted by Crippen LogP contribution is 2.36. The Hall–Kier alpha value is -0.460. The minimum absolute atomic E-state index is 0.299.